The third-order valence-electron chi connectivity index (χ3n) is 4.40. The van der Waals surface area contributed by atoms with Gasteiger partial charge in [-0.1, -0.05) is 42.4 Å². The highest BCUT2D eigenvalue weighted by Gasteiger charge is 2.18. The second-order valence-corrected chi connectivity index (χ2v) is 7.89. The van der Waals surface area contributed by atoms with Crippen LogP contribution in [0.4, 0.5) is 0 Å². The Labute approximate surface area is 179 Å². The lowest BCUT2D eigenvalue weighted by atomic mass is 10.2. The maximum atomic E-state index is 12.2. The van der Waals surface area contributed by atoms with Gasteiger partial charge in [-0.15, -0.1) is 10.2 Å². The van der Waals surface area contributed by atoms with E-state index in [2.05, 4.69) is 15.5 Å². The van der Waals surface area contributed by atoms with Crippen LogP contribution in [0, 0.1) is 0 Å². The van der Waals surface area contributed by atoms with Crippen molar-refractivity contribution in [2.75, 3.05) is 12.9 Å². The SMILES string of the molecule is CC[C@@H](C)NC(=O)CSc1nnc(-c2cccc(OC)c2)n1-c1ccc(Cl)cc1. The van der Waals surface area contributed by atoms with E-state index in [4.69, 9.17) is 16.3 Å². The zero-order valence-corrected chi connectivity index (χ0v) is 18.1. The topological polar surface area (TPSA) is 69.0 Å². The molecule has 0 saturated carbocycles. The number of ether oxygens (including phenoxy) is 1. The number of rotatable bonds is 8. The largest absolute Gasteiger partial charge is 0.497 e. The first kappa shape index (κ1) is 21.2. The van der Waals surface area contributed by atoms with E-state index in [1.165, 1.54) is 11.8 Å². The van der Waals surface area contributed by atoms with E-state index < -0.39 is 0 Å². The highest BCUT2D eigenvalue weighted by Crippen LogP contribution is 2.30. The minimum Gasteiger partial charge on any atom is -0.497 e. The second-order valence-electron chi connectivity index (χ2n) is 6.52. The fraction of sp³-hybridized carbons (Fsp3) is 0.286. The van der Waals surface area contributed by atoms with Gasteiger partial charge in [0.1, 0.15) is 5.75 Å². The molecule has 0 aliphatic heterocycles. The predicted molar refractivity (Wildman–Crippen MR) is 117 cm³/mol. The predicted octanol–water partition coefficient (Wildman–Crippen LogP) is 4.60. The number of nitrogens with zero attached hydrogens (tertiary/aromatic N) is 3. The Hall–Kier alpha value is -2.51. The van der Waals surface area contributed by atoms with Gasteiger partial charge in [-0.3, -0.25) is 9.36 Å². The van der Waals surface area contributed by atoms with Gasteiger partial charge in [0.15, 0.2) is 11.0 Å². The van der Waals surface area contributed by atoms with Crippen LogP contribution < -0.4 is 10.1 Å². The van der Waals surface area contributed by atoms with Crippen LogP contribution in [0.15, 0.2) is 53.7 Å². The summed E-state index contributed by atoms with van der Waals surface area (Å²) in [6.45, 7) is 4.02. The molecule has 152 valence electrons. The summed E-state index contributed by atoms with van der Waals surface area (Å²) in [7, 11) is 1.63. The molecule has 0 aliphatic rings. The Balaban J connectivity index is 1.95. The summed E-state index contributed by atoms with van der Waals surface area (Å²) in [6.07, 6.45) is 0.886. The summed E-state index contributed by atoms with van der Waals surface area (Å²) < 4.78 is 7.26. The van der Waals surface area contributed by atoms with Gasteiger partial charge in [-0.25, -0.2) is 0 Å². The summed E-state index contributed by atoms with van der Waals surface area (Å²) in [5.74, 6) is 1.62. The first-order chi connectivity index (χ1) is 14.0. The highest BCUT2D eigenvalue weighted by atomic mass is 35.5. The van der Waals surface area contributed by atoms with Gasteiger partial charge in [0, 0.05) is 22.3 Å². The number of benzene rings is 2. The number of nitrogens with one attached hydrogen (secondary N) is 1. The van der Waals surface area contributed by atoms with Crippen LogP contribution in [0.2, 0.25) is 5.02 Å². The van der Waals surface area contributed by atoms with E-state index in [1.807, 2.05) is 66.9 Å². The number of hydrogen-bond acceptors (Lipinski definition) is 5. The molecule has 0 fully saturated rings. The number of thioether (sulfide) groups is 1. The van der Waals surface area contributed by atoms with Crippen LogP contribution in [0.25, 0.3) is 17.1 Å². The van der Waals surface area contributed by atoms with Crippen LogP contribution in [0.5, 0.6) is 5.75 Å². The normalized spacial score (nSPS) is 11.9. The Morgan fingerprint density at radius 1 is 1.24 bits per heavy atom. The lowest BCUT2D eigenvalue weighted by Crippen LogP contribution is -2.33. The first-order valence-corrected chi connectivity index (χ1v) is 10.7. The molecule has 0 unspecified atom stereocenters. The van der Waals surface area contributed by atoms with Gasteiger partial charge in [0.05, 0.1) is 12.9 Å². The third-order valence-corrected chi connectivity index (χ3v) is 5.58. The van der Waals surface area contributed by atoms with Crippen molar-refractivity contribution in [1.29, 1.82) is 0 Å². The Morgan fingerprint density at radius 2 is 2.00 bits per heavy atom. The average molecular weight is 431 g/mol. The Kier molecular flexibility index (Phi) is 7.17. The van der Waals surface area contributed by atoms with Gasteiger partial charge in [0.25, 0.3) is 0 Å². The van der Waals surface area contributed by atoms with Crippen molar-refractivity contribution in [2.24, 2.45) is 0 Å². The van der Waals surface area contributed by atoms with Gasteiger partial charge in [0.2, 0.25) is 5.91 Å². The third kappa shape index (κ3) is 5.31. The van der Waals surface area contributed by atoms with Crippen molar-refractivity contribution in [1.82, 2.24) is 20.1 Å². The summed E-state index contributed by atoms with van der Waals surface area (Å²) in [5.41, 5.74) is 1.73. The van der Waals surface area contributed by atoms with E-state index in [0.717, 1.165) is 23.4 Å². The summed E-state index contributed by atoms with van der Waals surface area (Å²) >= 11 is 7.40. The van der Waals surface area contributed by atoms with E-state index in [-0.39, 0.29) is 17.7 Å². The van der Waals surface area contributed by atoms with E-state index >= 15 is 0 Å². The molecule has 0 radical (unpaired) electrons. The average Bonchev–Trinajstić information content (AvgIpc) is 3.16. The maximum absolute atomic E-state index is 12.2. The fourth-order valence-electron chi connectivity index (χ4n) is 2.68. The van der Waals surface area contributed by atoms with Gasteiger partial charge >= 0.3 is 0 Å². The molecule has 0 bridgehead atoms. The molecule has 1 atom stereocenters. The zero-order valence-electron chi connectivity index (χ0n) is 16.6. The smallest absolute Gasteiger partial charge is 0.230 e. The standard InChI is InChI=1S/C21H23ClN4O2S/c1-4-14(2)23-19(27)13-29-21-25-24-20(15-6-5-7-18(12-15)28-3)26(21)17-10-8-16(22)9-11-17/h5-12,14H,4,13H2,1-3H3,(H,23,27)/t14-/m1/s1. The molecule has 8 heteroatoms. The maximum Gasteiger partial charge on any atom is 0.230 e. The van der Waals surface area contributed by atoms with Gasteiger partial charge in [-0.05, 0) is 49.7 Å². The Bertz CT molecular complexity index is 975. The van der Waals surface area contributed by atoms with Gasteiger partial charge < -0.3 is 10.1 Å². The molecule has 3 rings (SSSR count). The quantitative estimate of drug-likeness (QED) is 0.529. The van der Waals surface area contributed by atoms with E-state index in [1.54, 1.807) is 7.11 Å². The van der Waals surface area contributed by atoms with Crippen molar-refractivity contribution in [2.45, 2.75) is 31.5 Å². The monoisotopic (exact) mass is 430 g/mol. The number of carbonyl (C=O) groups excluding carboxylic acids is 1. The number of halogens is 1. The number of amides is 1. The summed E-state index contributed by atoms with van der Waals surface area (Å²) in [5, 5.41) is 13.0. The molecule has 0 spiro atoms. The molecule has 2 aromatic carbocycles. The number of methoxy groups -OCH3 is 1. The molecule has 1 heterocycles. The molecular weight excluding hydrogens is 408 g/mol. The van der Waals surface area contributed by atoms with Crippen LogP contribution >= 0.6 is 23.4 Å². The lowest BCUT2D eigenvalue weighted by molar-refractivity contribution is -0.119. The molecule has 3 aromatic rings. The minimum atomic E-state index is -0.0297. The van der Waals surface area contributed by atoms with Crippen LogP contribution in [0.3, 0.4) is 0 Å². The van der Waals surface area contributed by atoms with E-state index in [0.29, 0.717) is 16.0 Å². The molecule has 1 N–H and O–H groups in total. The second kappa shape index (κ2) is 9.80. The molecule has 29 heavy (non-hydrogen) atoms. The lowest BCUT2D eigenvalue weighted by Gasteiger charge is -2.12. The number of hydrogen-bond donors (Lipinski definition) is 1. The molecule has 1 aromatic heterocycles. The highest BCUT2D eigenvalue weighted by molar-refractivity contribution is 7.99. The van der Waals surface area contributed by atoms with Crippen LogP contribution in [-0.4, -0.2) is 39.6 Å². The van der Waals surface area contributed by atoms with Crippen molar-refractivity contribution >= 4 is 29.3 Å². The molecule has 1 amide bonds. The Morgan fingerprint density at radius 3 is 2.69 bits per heavy atom. The van der Waals surface area contributed by atoms with Crippen molar-refractivity contribution in [3.8, 4) is 22.8 Å². The number of aromatic nitrogens is 3. The molecule has 0 aliphatic carbocycles. The van der Waals surface area contributed by atoms with Crippen LogP contribution in [0.1, 0.15) is 20.3 Å². The molecule has 6 nitrogen and oxygen atoms in total. The molecular formula is C21H23ClN4O2S. The first-order valence-electron chi connectivity index (χ1n) is 9.29. The van der Waals surface area contributed by atoms with Crippen molar-refractivity contribution in [3.05, 3.63) is 53.6 Å². The number of carbonyl (C=O) groups is 1. The minimum absolute atomic E-state index is 0.0297. The van der Waals surface area contributed by atoms with Gasteiger partial charge in [-0.2, -0.15) is 0 Å². The summed E-state index contributed by atoms with van der Waals surface area (Å²) in [4.78, 5) is 12.2. The van der Waals surface area contributed by atoms with E-state index in [9.17, 15) is 4.79 Å². The van der Waals surface area contributed by atoms with Crippen molar-refractivity contribution in [3.63, 3.8) is 0 Å². The fourth-order valence-corrected chi connectivity index (χ4v) is 3.57. The zero-order chi connectivity index (χ0) is 20.8. The molecule has 0 saturated heterocycles. The van der Waals surface area contributed by atoms with Crippen LogP contribution in [-0.2, 0) is 4.79 Å². The summed E-state index contributed by atoms with van der Waals surface area (Å²) in [6, 6.07) is 15.2. The van der Waals surface area contributed by atoms with Crippen molar-refractivity contribution < 1.29 is 9.53 Å².